The molecule has 1 aliphatic heterocycles. The van der Waals surface area contributed by atoms with E-state index in [0.29, 0.717) is 43.2 Å². The number of likely N-dealkylation sites (tertiary alicyclic amines) is 1. The van der Waals surface area contributed by atoms with E-state index in [1.807, 2.05) is 31.2 Å². The standard InChI is InChI=1S/C24H31N3O5/c1-24(22(28)25-15-17-7-5-8-18(13-17)30-2)11-6-12-27(16-24)23(29)26-20-10-9-19(31-3)14-21(20)32-4/h5,7-10,13-14H,6,11-12,15-16H2,1-4H3,(H,25,28)(H,26,29)/t24-/m1/s1. The van der Waals surface area contributed by atoms with Gasteiger partial charge in [-0.1, -0.05) is 12.1 Å². The zero-order valence-corrected chi connectivity index (χ0v) is 19.1. The van der Waals surface area contributed by atoms with Gasteiger partial charge in [0.2, 0.25) is 5.91 Å². The molecule has 2 aromatic rings. The molecule has 0 unspecified atom stereocenters. The number of nitrogens with one attached hydrogen (secondary N) is 2. The third kappa shape index (κ3) is 5.43. The van der Waals surface area contributed by atoms with E-state index < -0.39 is 5.41 Å². The van der Waals surface area contributed by atoms with Crippen molar-refractivity contribution in [2.75, 3.05) is 39.7 Å². The van der Waals surface area contributed by atoms with Crippen LogP contribution in [0.15, 0.2) is 42.5 Å². The second-order valence-corrected chi connectivity index (χ2v) is 8.12. The Bertz CT molecular complexity index is 964. The topological polar surface area (TPSA) is 89.1 Å². The Hall–Kier alpha value is -3.42. The first kappa shape index (κ1) is 23.2. The second kappa shape index (κ2) is 10.3. The Morgan fingerprint density at radius 1 is 1.03 bits per heavy atom. The first-order valence-corrected chi connectivity index (χ1v) is 10.6. The van der Waals surface area contributed by atoms with Crippen LogP contribution in [0.2, 0.25) is 0 Å². The van der Waals surface area contributed by atoms with E-state index in [9.17, 15) is 9.59 Å². The van der Waals surface area contributed by atoms with Gasteiger partial charge in [-0.25, -0.2) is 4.79 Å². The molecule has 2 N–H and O–H groups in total. The zero-order chi connectivity index (χ0) is 23.1. The minimum atomic E-state index is -0.668. The van der Waals surface area contributed by atoms with Crippen molar-refractivity contribution in [3.8, 4) is 17.2 Å². The van der Waals surface area contributed by atoms with Gasteiger partial charge in [0, 0.05) is 25.7 Å². The Morgan fingerprint density at radius 2 is 1.78 bits per heavy atom. The summed E-state index contributed by atoms with van der Waals surface area (Å²) in [7, 11) is 4.72. The molecule has 3 rings (SSSR count). The van der Waals surface area contributed by atoms with Crippen molar-refractivity contribution in [3.63, 3.8) is 0 Å². The Kier molecular flexibility index (Phi) is 7.45. The van der Waals surface area contributed by atoms with Gasteiger partial charge in [-0.15, -0.1) is 0 Å². The summed E-state index contributed by atoms with van der Waals surface area (Å²) in [4.78, 5) is 27.6. The number of hydrogen-bond donors (Lipinski definition) is 2. The number of nitrogens with zero attached hydrogens (tertiary/aromatic N) is 1. The number of carbonyl (C=O) groups is 2. The molecular formula is C24H31N3O5. The monoisotopic (exact) mass is 441 g/mol. The van der Waals surface area contributed by atoms with Crippen LogP contribution < -0.4 is 24.8 Å². The summed E-state index contributed by atoms with van der Waals surface area (Å²) in [6.07, 6.45) is 1.46. The van der Waals surface area contributed by atoms with Crippen molar-refractivity contribution < 1.29 is 23.8 Å². The molecule has 1 atom stereocenters. The van der Waals surface area contributed by atoms with Crippen molar-refractivity contribution in [1.82, 2.24) is 10.2 Å². The van der Waals surface area contributed by atoms with Crippen LogP contribution in [-0.2, 0) is 11.3 Å². The number of methoxy groups -OCH3 is 3. The number of ether oxygens (including phenoxy) is 3. The molecule has 3 amide bonds. The number of piperidine rings is 1. The van der Waals surface area contributed by atoms with Crippen LogP contribution in [0.4, 0.5) is 10.5 Å². The number of anilines is 1. The van der Waals surface area contributed by atoms with Crippen LogP contribution in [0.3, 0.4) is 0 Å². The zero-order valence-electron chi connectivity index (χ0n) is 19.1. The third-order valence-electron chi connectivity index (χ3n) is 5.77. The molecule has 1 aliphatic rings. The highest BCUT2D eigenvalue weighted by Crippen LogP contribution is 2.32. The van der Waals surface area contributed by atoms with Crippen LogP contribution in [0, 0.1) is 5.41 Å². The van der Waals surface area contributed by atoms with Gasteiger partial charge in [0.1, 0.15) is 17.2 Å². The van der Waals surface area contributed by atoms with E-state index >= 15 is 0 Å². The third-order valence-corrected chi connectivity index (χ3v) is 5.77. The highest BCUT2D eigenvalue weighted by molar-refractivity contribution is 5.92. The highest BCUT2D eigenvalue weighted by atomic mass is 16.5. The van der Waals surface area contributed by atoms with Crippen molar-refractivity contribution in [3.05, 3.63) is 48.0 Å². The van der Waals surface area contributed by atoms with Crippen LogP contribution in [0.1, 0.15) is 25.3 Å². The Labute approximate surface area is 188 Å². The average Bonchev–Trinajstić information content (AvgIpc) is 2.82. The van der Waals surface area contributed by atoms with Crippen LogP contribution in [-0.4, -0.2) is 51.3 Å². The lowest BCUT2D eigenvalue weighted by Gasteiger charge is -2.39. The van der Waals surface area contributed by atoms with Crippen molar-refractivity contribution >= 4 is 17.6 Å². The predicted molar refractivity (Wildman–Crippen MR) is 122 cm³/mol. The number of rotatable bonds is 7. The van der Waals surface area contributed by atoms with E-state index in [1.54, 1.807) is 37.3 Å². The van der Waals surface area contributed by atoms with E-state index in [4.69, 9.17) is 14.2 Å². The fourth-order valence-electron chi connectivity index (χ4n) is 3.87. The lowest BCUT2D eigenvalue weighted by molar-refractivity contribution is -0.132. The molecule has 1 saturated heterocycles. The number of benzene rings is 2. The van der Waals surface area contributed by atoms with Crippen LogP contribution >= 0.6 is 0 Å². The van der Waals surface area contributed by atoms with E-state index in [1.165, 1.54) is 7.11 Å². The van der Waals surface area contributed by atoms with Gasteiger partial charge in [0.15, 0.2) is 0 Å². The first-order valence-electron chi connectivity index (χ1n) is 10.6. The maximum absolute atomic E-state index is 13.0. The minimum absolute atomic E-state index is 0.0696. The van der Waals surface area contributed by atoms with Crippen LogP contribution in [0.25, 0.3) is 0 Å². The van der Waals surface area contributed by atoms with Crippen LogP contribution in [0.5, 0.6) is 17.2 Å². The molecule has 1 fully saturated rings. The lowest BCUT2D eigenvalue weighted by atomic mass is 9.81. The van der Waals surface area contributed by atoms with Gasteiger partial charge < -0.3 is 29.7 Å². The molecular weight excluding hydrogens is 410 g/mol. The second-order valence-electron chi connectivity index (χ2n) is 8.12. The maximum atomic E-state index is 13.0. The maximum Gasteiger partial charge on any atom is 0.321 e. The lowest BCUT2D eigenvalue weighted by Crippen LogP contribution is -2.52. The summed E-state index contributed by atoms with van der Waals surface area (Å²) in [5.41, 5.74) is 0.838. The Balaban J connectivity index is 1.62. The molecule has 8 nitrogen and oxygen atoms in total. The van der Waals surface area contributed by atoms with E-state index in [0.717, 1.165) is 17.7 Å². The molecule has 172 valence electrons. The van der Waals surface area contributed by atoms with Gasteiger partial charge in [-0.2, -0.15) is 0 Å². The van der Waals surface area contributed by atoms with Gasteiger partial charge in [-0.05, 0) is 49.6 Å². The fourth-order valence-corrected chi connectivity index (χ4v) is 3.87. The van der Waals surface area contributed by atoms with Crippen molar-refractivity contribution in [2.45, 2.75) is 26.3 Å². The number of urea groups is 1. The molecule has 0 saturated carbocycles. The number of hydrogen-bond acceptors (Lipinski definition) is 5. The summed E-state index contributed by atoms with van der Waals surface area (Å²) >= 11 is 0. The molecule has 1 heterocycles. The largest absolute Gasteiger partial charge is 0.497 e. The summed E-state index contributed by atoms with van der Waals surface area (Å²) < 4.78 is 15.8. The number of amides is 3. The van der Waals surface area contributed by atoms with Gasteiger partial charge >= 0.3 is 6.03 Å². The Morgan fingerprint density at radius 3 is 2.50 bits per heavy atom. The SMILES string of the molecule is COc1cccc(CNC(=O)[C@]2(C)CCCN(C(=O)Nc3ccc(OC)cc3OC)C2)c1. The van der Waals surface area contributed by atoms with Gasteiger partial charge in [-0.3, -0.25) is 4.79 Å². The summed E-state index contributed by atoms with van der Waals surface area (Å²) in [5, 5.41) is 5.90. The smallest absolute Gasteiger partial charge is 0.321 e. The minimum Gasteiger partial charge on any atom is -0.497 e. The molecule has 0 aromatic heterocycles. The molecule has 8 heteroatoms. The normalized spacial score (nSPS) is 17.9. The fraction of sp³-hybridized carbons (Fsp3) is 0.417. The molecule has 0 spiro atoms. The molecule has 0 bridgehead atoms. The van der Waals surface area contributed by atoms with E-state index in [-0.39, 0.29) is 11.9 Å². The first-order chi connectivity index (χ1) is 15.4. The van der Waals surface area contributed by atoms with E-state index in [2.05, 4.69) is 10.6 Å². The summed E-state index contributed by atoms with van der Waals surface area (Å²) in [6.45, 7) is 3.23. The molecule has 0 radical (unpaired) electrons. The summed E-state index contributed by atoms with van der Waals surface area (Å²) in [5.74, 6) is 1.82. The highest BCUT2D eigenvalue weighted by Gasteiger charge is 2.39. The quantitative estimate of drug-likeness (QED) is 0.685. The molecule has 2 aromatic carbocycles. The number of carbonyl (C=O) groups excluding carboxylic acids is 2. The van der Waals surface area contributed by atoms with Crippen molar-refractivity contribution in [1.29, 1.82) is 0 Å². The molecule has 0 aliphatic carbocycles. The predicted octanol–water partition coefficient (Wildman–Crippen LogP) is 3.66. The molecule has 32 heavy (non-hydrogen) atoms. The summed E-state index contributed by atoms with van der Waals surface area (Å²) in [6, 6.07) is 12.5. The van der Waals surface area contributed by atoms with Gasteiger partial charge in [0.25, 0.3) is 0 Å². The van der Waals surface area contributed by atoms with Crippen molar-refractivity contribution in [2.24, 2.45) is 5.41 Å². The van der Waals surface area contributed by atoms with Gasteiger partial charge in [0.05, 0.1) is 32.4 Å². The average molecular weight is 442 g/mol.